The summed E-state index contributed by atoms with van der Waals surface area (Å²) < 4.78 is 11.4. The van der Waals surface area contributed by atoms with E-state index in [4.69, 9.17) is 9.47 Å². The molecule has 1 aliphatic heterocycles. The van der Waals surface area contributed by atoms with Gasteiger partial charge in [0.25, 0.3) is 0 Å². The van der Waals surface area contributed by atoms with Crippen LogP contribution in [0.2, 0.25) is 0 Å². The summed E-state index contributed by atoms with van der Waals surface area (Å²) >= 11 is 0. The maximum atomic E-state index is 10.3. The molecule has 2 fully saturated rings. The minimum absolute atomic E-state index is 0.366. The SMILES string of the molecule is COc1ccccc1N1CCN(CC(O)COC2CCCCC2)CC1. The molecule has 1 N–H and O–H groups in total. The molecular weight excluding hydrogens is 316 g/mol. The fourth-order valence-corrected chi connectivity index (χ4v) is 3.89. The van der Waals surface area contributed by atoms with Crippen molar-refractivity contribution in [1.82, 2.24) is 4.90 Å². The van der Waals surface area contributed by atoms with Crippen LogP contribution in [0.3, 0.4) is 0 Å². The van der Waals surface area contributed by atoms with Gasteiger partial charge in [0.05, 0.1) is 31.6 Å². The number of β-amino-alcohol motifs (C(OH)–C–C–N with tert-alkyl or cyclic N) is 1. The molecule has 0 amide bonds. The Bertz CT molecular complexity index is 511. The molecule has 1 saturated heterocycles. The second kappa shape index (κ2) is 9.41. The molecule has 5 nitrogen and oxygen atoms in total. The number of anilines is 1. The molecule has 0 radical (unpaired) electrons. The normalized spacial score (nSPS) is 21.3. The number of aliphatic hydroxyl groups is 1. The quantitative estimate of drug-likeness (QED) is 0.820. The lowest BCUT2D eigenvalue weighted by Crippen LogP contribution is -2.49. The van der Waals surface area contributed by atoms with Crippen LogP contribution in [-0.2, 0) is 4.74 Å². The van der Waals surface area contributed by atoms with Gasteiger partial charge >= 0.3 is 0 Å². The zero-order valence-corrected chi connectivity index (χ0v) is 15.4. The van der Waals surface area contributed by atoms with E-state index in [9.17, 15) is 5.11 Å². The number of methoxy groups -OCH3 is 1. The van der Waals surface area contributed by atoms with E-state index in [0.29, 0.717) is 19.3 Å². The van der Waals surface area contributed by atoms with Gasteiger partial charge in [0.15, 0.2) is 0 Å². The number of piperazine rings is 1. The lowest BCUT2D eigenvalue weighted by Gasteiger charge is -2.37. The average Bonchev–Trinajstić information content (AvgIpc) is 2.68. The topological polar surface area (TPSA) is 45.2 Å². The third-order valence-corrected chi connectivity index (χ3v) is 5.34. The largest absolute Gasteiger partial charge is 0.495 e. The highest BCUT2D eigenvalue weighted by molar-refractivity contribution is 5.58. The molecule has 0 aromatic heterocycles. The fraction of sp³-hybridized carbons (Fsp3) is 0.700. The Hall–Kier alpha value is -1.30. The van der Waals surface area contributed by atoms with Crippen molar-refractivity contribution >= 4 is 5.69 Å². The van der Waals surface area contributed by atoms with Gasteiger partial charge in [-0.1, -0.05) is 31.4 Å². The first-order valence-corrected chi connectivity index (χ1v) is 9.66. The molecular formula is C20H32N2O3. The highest BCUT2D eigenvalue weighted by Gasteiger charge is 2.22. The maximum absolute atomic E-state index is 10.3. The molecule has 1 aromatic rings. The van der Waals surface area contributed by atoms with Crippen LogP contribution in [0.1, 0.15) is 32.1 Å². The Morgan fingerprint density at radius 1 is 1.08 bits per heavy atom. The summed E-state index contributed by atoms with van der Waals surface area (Å²) in [4.78, 5) is 4.70. The van der Waals surface area contributed by atoms with Crippen molar-refractivity contribution in [2.45, 2.75) is 44.3 Å². The molecule has 25 heavy (non-hydrogen) atoms. The average molecular weight is 348 g/mol. The minimum Gasteiger partial charge on any atom is -0.495 e. The molecule has 1 unspecified atom stereocenters. The molecule has 0 spiro atoms. The standard InChI is InChI=1S/C20H32N2O3/c1-24-20-10-6-5-9-19(20)22-13-11-21(12-14-22)15-17(23)16-25-18-7-3-2-4-8-18/h5-6,9-10,17-18,23H,2-4,7-8,11-16H2,1H3. The van der Waals surface area contributed by atoms with E-state index in [1.54, 1.807) is 7.11 Å². The van der Waals surface area contributed by atoms with Crippen LogP contribution in [0, 0.1) is 0 Å². The van der Waals surface area contributed by atoms with Gasteiger partial charge in [-0.2, -0.15) is 0 Å². The van der Waals surface area contributed by atoms with Gasteiger partial charge in [-0.15, -0.1) is 0 Å². The molecule has 3 rings (SSSR count). The minimum atomic E-state index is -0.389. The monoisotopic (exact) mass is 348 g/mol. The van der Waals surface area contributed by atoms with Gasteiger partial charge in [-0.3, -0.25) is 4.90 Å². The summed E-state index contributed by atoms with van der Waals surface area (Å²) in [5, 5.41) is 10.3. The number of ether oxygens (including phenoxy) is 2. The van der Waals surface area contributed by atoms with Gasteiger partial charge in [-0.25, -0.2) is 0 Å². The summed E-state index contributed by atoms with van der Waals surface area (Å²) in [6.07, 6.45) is 6.16. The zero-order chi connectivity index (χ0) is 17.5. The predicted molar refractivity (Wildman–Crippen MR) is 100 cm³/mol. The number of rotatable bonds is 7. The Balaban J connectivity index is 1.40. The molecule has 2 aliphatic rings. The van der Waals surface area contributed by atoms with Crippen LogP contribution >= 0.6 is 0 Å². The molecule has 0 bridgehead atoms. The van der Waals surface area contributed by atoms with E-state index in [2.05, 4.69) is 21.9 Å². The highest BCUT2D eigenvalue weighted by Crippen LogP contribution is 2.28. The predicted octanol–water partition coefficient (Wildman–Crippen LogP) is 2.53. The van der Waals surface area contributed by atoms with Crippen molar-refractivity contribution in [3.8, 4) is 5.75 Å². The molecule has 1 heterocycles. The second-order valence-electron chi connectivity index (χ2n) is 7.21. The molecule has 5 heteroatoms. The van der Waals surface area contributed by atoms with Crippen LogP contribution in [0.5, 0.6) is 5.75 Å². The Labute approximate surface area is 151 Å². The van der Waals surface area contributed by atoms with Crippen molar-refractivity contribution in [2.75, 3.05) is 51.3 Å². The van der Waals surface area contributed by atoms with E-state index >= 15 is 0 Å². The van der Waals surface area contributed by atoms with Gasteiger partial charge in [-0.05, 0) is 25.0 Å². The summed E-state index contributed by atoms with van der Waals surface area (Å²) in [5.74, 6) is 0.928. The first kappa shape index (κ1) is 18.5. The van der Waals surface area contributed by atoms with E-state index in [1.807, 2.05) is 12.1 Å². The molecule has 1 saturated carbocycles. The number of aliphatic hydroxyl groups excluding tert-OH is 1. The third-order valence-electron chi connectivity index (χ3n) is 5.34. The number of hydrogen-bond donors (Lipinski definition) is 1. The number of nitrogens with zero attached hydrogens (tertiary/aromatic N) is 2. The van der Waals surface area contributed by atoms with Crippen molar-refractivity contribution in [2.24, 2.45) is 0 Å². The van der Waals surface area contributed by atoms with E-state index < -0.39 is 0 Å². The molecule has 1 atom stereocenters. The van der Waals surface area contributed by atoms with Gasteiger partial charge in [0, 0.05) is 32.7 Å². The van der Waals surface area contributed by atoms with Crippen molar-refractivity contribution in [3.05, 3.63) is 24.3 Å². The third kappa shape index (κ3) is 5.33. The van der Waals surface area contributed by atoms with Crippen molar-refractivity contribution < 1.29 is 14.6 Å². The van der Waals surface area contributed by atoms with E-state index in [0.717, 1.165) is 50.5 Å². The number of para-hydroxylation sites is 2. The number of benzene rings is 1. The van der Waals surface area contributed by atoms with Crippen LogP contribution < -0.4 is 9.64 Å². The smallest absolute Gasteiger partial charge is 0.142 e. The van der Waals surface area contributed by atoms with Crippen LogP contribution in [0.25, 0.3) is 0 Å². The highest BCUT2D eigenvalue weighted by atomic mass is 16.5. The van der Waals surface area contributed by atoms with Crippen LogP contribution in [-0.4, -0.2) is 68.7 Å². The van der Waals surface area contributed by atoms with E-state index in [-0.39, 0.29) is 6.10 Å². The number of hydrogen-bond acceptors (Lipinski definition) is 5. The van der Waals surface area contributed by atoms with Gasteiger partial charge < -0.3 is 19.5 Å². The lowest BCUT2D eigenvalue weighted by atomic mass is 9.98. The van der Waals surface area contributed by atoms with E-state index in [1.165, 1.54) is 19.3 Å². The maximum Gasteiger partial charge on any atom is 0.142 e. The summed E-state index contributed by atoms with van der Waals surface area (Å²) in [7, 11) is 1.72. The Morgan fingerprint density at radius 3 is 2.52 bits per heavy atom. The van der Waals surface area contributed by atoms with Crippen LogP contribution in [0.15, 0.2) is 24.3 Å². The summed E-state index contributed by atoms with van der Waals surface area (Å²) in [5.41, 5.74) is 1.16. The first-order valence-electron chi connectivity index (χ1n) is 9.66. The summed E-state index contributed by atoms with van der Waals surface area (Å²) in [6, 6.07) is 8.17. The molecule has 140 valence electrons. The van der Waals surface area contributed by atoms with Gasteiger partial charge in [0.1, 0.15) is 5.75 Å². The van der Waals surface area contributed by atoms with Gasteiger partial charge in [0.2, 0.25) is 0 Å². The summed E-state index contributed by atoms with van der Waals surface area (Å²) in [6.45, 7) is 4.99. The Kier molecular flexibility index (Phi) is 6.96. The first-order chi connectivity index (χ1) is 12.3. The zero-order valence-electron chi connectivity index (χ0n) is 15.4. The fourth-order valence-electron chi connectivity index (χ4n) is 3.89. The molecule has 1 aromatic carbocycles. The molecule has 1 aliphatic carbocycles. The van der Waals surface area contributed by atoms with Crippen LogP contribution in [0.4, 0.5) is 5.69 Å². The second-order valence-corrected chi connectivity index (χ2v) is 7.21. The Morgan fingerprint density at radius 2 is 1.80 bits per heavy atom. The van der Waals surface area contributed by atoms with Crippen molar-refractivity contribution in [3.63, 3.8) is 0 Å². The lowest BCUT2D eigenvalue weighted by molar-refractivity contribution is -0.0336. The van der Waals surface area contributed by atoms with Crippen molar-refractivity contribution in [1.29, 1.82) is 0 Å².